The van der Waals surface area contributed by atoms with Crippen LogP contribution in [0, 0.1) is 5.92 Å². The SMILES string of the molecule is CC(Oc1ccc(Cl)cc1Br)C(=O)N1CCC(C(=O)NCc2ccco2)CC1. The molecule has 1 N–H and O–H groups in total. The van der Waals surface area contributed by atoms with Crippen LogP contribution in [0.25, 0.3) is 0 Å². The molecule has 2 heterocycles. The number of hydrogen-bond acceptors (Lipinski definition) is 4. The summed E-state index contributed by atoms with van der Waals surface area (Å²) in [5, 5.41) is 3.48. The molecular formula is C20H22BrClN2O4. The standard InChI is InChI=1S/C20H22BrClN2O4/c1-13(28-18-5-4-15(22)11-17(18)21)20(26)24-8-6-14(7-9-24)19(25)23-12-16-3-2-10-27-16/h2-5,10-11,13-14H,6-9,12H2,1H3,(H,23,25). The molecule has 1 atom stereocenters. The highest BCUT2D eigenvalue weighted by atomic mass is 79.9. The van der Waals surface area contributed by atoms with Crippen LogP contribution in [-0.4, -0.2) is 35.9 Å². The number of benzene rings is 1. The molecule has 0 spiro atoms. The van der Waals surface area contributed by atoms with Gasteiger partial charge in [-0.05, 0) is 66.0 Å². The van der Waals surface area contributed by atoms with Gasteiger partial charge in [-0.1, -0.05) is 11.6 Å². The number of rotatable bonds is 6. The lowest BCUT2D eigenvalue weighted by Crippen LogP contribution is -2.47. The van der Waals surface area contributed by atoms with E-state index in [9.17, 15) is 9.59 Å². The topological polar surface area (TPSA) is 71.8 Å². The van der Waals surface area contributed by atoms with Crippen LogP contribution in [0.3, 0.4) is 0 Å². The van der Waals surface area contributed by atoms with Crippen LogP contribution in [0.1, 0.15) is 25.5 Å². The minimum absolute atomic E-state index is 0.00195. The molecule has 0 aliphatic carbocycles. The summed E-state index contributed by atoms with van der Waals surface area (Å²) >= 11 is 9.32. The number of likely N-dealkylation sites (tertiary alicyclic amines) is 1. The van der Waals surface area contributed by atoms with E-state index in [-0.39, 0.29) is 17.7 Å². The van der Waals surface area contributed by atoms with Gasteiger partial charge in [0.25, 0.3) is 5.91 Å². The minimum Gasteiger partial charge on any atom is -0.480 e. The molecule has 150 valence electrons. The zero-order chi connectivity index (χ0) is 20.1. The monoisotopic (exact) mass is 468 g/mol. The van der Waals surface area contributed by atoms with Gasteiger partial charge in [0.1, 0.15) is 11.5 Å². The highest BCUT2D eigenvalue weighted by molar-refractivity contribution is 9.10. The number of nitrogens with one attached hydrogen (secondary N) is 1. The summed E-state index contributed by atoms with van der Waals surface area (Å²) in [6.07, 6.45) is 2.22. The number of furan rings is 1. The molecule has 1 unspecified atom stereocenters. The second-order valence-corrected chi connectivity index (χ2v) is 8.02. The largest absolute Gasteiger partial charge is 0.480 e. The first-order chi connectivity index (χ1) is 13.4. The number of ether oxygens (including phenoxy) is 1. The Morgan fingerprint density at radius 1 is 1.36 bits per heavy atom. The lowest BCUT2D eigenvalue weighted by molar-refractivity contribution is -0.141. The Morgan fingerprint density at radius 3 is 2.75 bits per heavy atom. The second kappa shape index (κ2) is 9.47. The first-order valence-electron chi connectivity index (χ1n) is 9.14. The van der Waals surface area contributed by atoms with Gasteiger partial charge in [-0.2, -0.15) is 0 Å². The first kappa shape index (κ1) is 20.7. The van der Waals surface area contributed by atoms with Gasteiger partial charge in [-0.15, -0.1) is 0 Å². The Hall–Kier alpha value is -1.99. The van der Waals surface area contributed by atoms with Gasteiger partial charge in [0.15, 0.2) is 6.10 Å². The Kier molecular flexibility index (Phi) is 7.02. The van der Waals surface area contributed by atoms with E-state index in [0.717, 1.165) is 5.76 Å². The highest BCUT2D eigenvalue weighted by Gasteiger charge is 2.30. The van der Waals surface area contributed by atoms with Crippen molar-refractivity contribution in [3.05, 3.63) is 51.9 Å². The van der Waals surface area contributed by atoms with E-state index < -0.39 is 6.10 Å². The molecule has 1 aromatic heterocycles. The number of amides is 2. The fourth-order valence-corrected chi connectivity index (χ4v) is 3.94. The van der Waals surface area contributed by atoms with E-state index in [2.05, 4.69) is 21.2 Å². The van der Waals surface area contributed by atoms with E-state index in [1.807, 2.05) is 6.07 Å². The van der Waals surface area contributed by atoms with Crippen molar-refractivity contribution < 1.29 is 18.7 Å². The summed E-state index contributed by atoms with van der Waals surface area (Å²) in [5.41, 5.74) is 0. The summed E-state index contributed by atoms with van der Waals surface area (Å²) in [4.78, 5) is 26.8. The summed E-state index contributed by atoms with van der Waals surface area (Å²) in [5.74, 6) is 1.10. The van der Waals surface area contributed by atoms with Crippen LogP contribution in [0.4, 0.5) is 0 Å². The molecule has 6 nitrogen and oxygen atoms in total. The van der Waals surface area contributed by atoms with Gasteiger partial charge >= 0.3 is 0 Å². The van der Waals surface area contributed by atoms with Crippen LogP contribution in [0.2, 0.25) is 5.02 Å². The lowest BCUT2D eigenvalue weighted by atomic mass is 9.95. The fourth-order valence-electron chi connectivity index (χ4n) is 3.16. The molecule has 1 fully saturated rings. The van der Waals surface area contributed by atoms with Crippen molar-refractivity contribution in [2.24, 2.45) is 5.92 Å². The van der Waals surface area contributed by atoms with Gasteiger partial charge in [0.05, 0.1) is 17.3 Å². The molecule has 1 aromatic carbocycles. The van der Waals surface area contributed by atoms with E-state index >= 15 is 0 Å². The quantitative estimate of drug-likeness (QED) is 0.694. The summed E-state index contributed by atoms with van der Waals surface area (Å²) in [7, 11) is 0. The van der Waals surface area contributed by atoms with E-state index in [0.29, 0.717) is 47.7 Å². The number of hydrogen-bond donors (Lipinski definition) is 1. The normalized spacial score (nSPS) is 15.9. The zero-order valence-electron chi connectivity index (χ0n) is 15.5. The van der Waals surface area contributed by atoms with Crippen molar-refractivity contribution in [1.29, 1.82) is 0 Å². The average Bonchev–Trinajstić information content (AvgIpc) is 3.21. The van der Waals surface area contributed by atoms with Gasteiger partial charge in [0.2, 0.25) is 5.91 Å². The van der Waals surface area contributed by atoms with Crippen LogP contribution >= 0.6 is 27.5 Å². The summed E-state index contributed by atoms with van der Waals surface area (Å²) < 4.78 is 11.7. The van der Waals surface area contributed by atoms with E-state index in [4.69, 9.17) is 20.8 Å². The predicted octanol–water partition coefficient (Wildman–Crippen LogP) is 4.02. The molecule has 0 bridgehead atoms. The highest BCUT2D eigenvalue weighted by Crippen LogP contribution is 2.29. The molecule has 0 saturated carbocycles. The van der Waals surface area contributed by atoms with Crippen molar-refractivity contribution in [3.63, 3.8) is 0 Å². The Balaban J connectivity index is 1.46. The van der Waals surface area contributed by atoms with Crippen LogP contribution < -0.4 is 10.1 Å². The lowest BCUT2D eigenvalue weighted by Gasteiger charge is -2.33. The Bertz CT molecular complexity index is 820. The predicted molar refractivity (Wildman–Crippen MR) is 109 cm³/mol. The zero-order valence-corrected chi connectivity index (χ0v) is 17.8. The second-order valence-electron chi connectivity index (χ2n) is 6.73. The summed E-state index contributed by atoms with van der Waals surface area (Å²) in [6.45, 7) is 3.18. The van der Waals surface area contributed by atoms with Gasteiger partial charge < -0.3 is 19.4 Å². The summed E-state index contributed by atoms with van der Waals surface area (Å²) in [6, 6.07) is 8.78. The molecule has 8 heteroatoms. The van der Waals surface area contributed by atoms with Gasteiger partial charge in [-0.25, -0.2) is 0 Å². The average molecular weight is 470 g/mol. The molecule has 1 aliphatic heterocycles. The molecule has 0 radical (unpaired) electrons. The molecule has 1 aliphatic rings. The number of carbonyl (C=O) groups is 2. The van der Waals surface area contributed by atoms with Crippen LogP contribution in [0.15, 0.2) is 45.5 Å². The van der Waals surface area contributed by atoms with E-state index in [1.54, 1.807) is 42.4 Å². The number of nitrogens with zero attached hydrogens (tertiary/aromatic N) is 1. The van der Waals surface area contributed by atoms with Crippen molar-refractivity contribution in [2.75, 3.05) is 13.1 Å². The van der Waals surface area contributed by atoms with Gasteiger partial charge in [0, 0.05) is 24.0 Å². The Morgan fingerprint density at radius 2 is 2.11 bits per heavy atom. The molecule has 2 amide bonds. The fraction of sp³-hybridized carbons (Fsp3) is 0.400. The smallest absolute Gasteiger partial charge is 0.263 e. The maximum atomic E-state index is 12.7. The van der Waals surface area contributed by atoms with Crippen LogP contribution in [-0.2, 0) is 16.1 Å². The third kappa shape index (κ3) is 5.29. The maximum Gasteiger partial charge on any atom is 0.263 e. The number of halogens is 2. The Labute approximate surface area is 177 Å². The number of carbonyl (C=O) groups excluding carboxylic acids is 2. The van der Waals surface area contributed by atoms with Crippen LogP contribution in [0.5, 0.6) is 5.75 Å². The van der Waals surface area contributed by atoms with Crippen molar-refractivity contribution in [2.45, 2.75) is 32.4 Å². The minimum atomic E-state index is -0.623. The molecule has 1 saturated heterocycles. The molecule has 3 rings (SSSR count). The van der Waals surface area contributed by atoms with Crippen molar-refractivity contribution >= 4 is 39.3 Å². The van der Waals surface area contributed by atoms with Crippen molar-refractivity contribution in [3.8, 4) is 5.75 Å². The first-order valence-corrected chi connectivity index (χ1v) is 10.3. The number of piperidine rings is 1. The maximum absolute atomic E-state index is 12.7. The van der Waals surface area contributed by atoms with Crippen molar-refractivity contribution in [1.82, 2.24) is 10.2 Å². The van der Waals surface area contributed by atoms with Gasteiger partial charge in [-0.3, -0.25) is 9.59 Å². The third-order valence-corrected chi connectivity index (χ3v) is 5.59. The molecule has 2 aromatic rings. The molecule has 28 heavy (non-hydrogen) atoms. The third-order valence-electron chi connectivity index (χ3n) is 4.74. The molecular weight excluding hydrogens is 448 g/mol. The van der Waals surface area contributed by atoms with E-state index in [1.165, 1.54) is 0 Å².